The molecule has 0 radical (unpaired) electrons. The van der Waals surface area contributed by atoms with Crippen LogP contribution in [0.2, 0.25) is 10.0 Å². The zero-order valence-electron chi connectivity index (χ0n) is 11.5. The molecule has 4 nitrogen and oxygen atoms in total. The maximum Gasteiger partial charge on any atom is 0.250 e. The summed E-state index contributed by atoms with van der Waals surface area (Å²) in [6.07, 6.45) is 4.88. The van der Waals surface area contributed by atoms with Gasteiger partial charge in [-0.15, -0.1) is 11.8 Å². The molecule has 22 heavy (non-hydrogen) atoms. The zero-order valence-corrected chi connectivity index (χ0v) is 13.8. The van der Waals surface area contributed by atoms with Crippen molar-refractivity contribution in [2.75, 3.05) is 5.75 Å². The Labute approximate surface area is 142 Å². The quantitative estimate of drug-likeness (QED) is 0.635. The Balaban J connectivity index is 1.75. The van der Waals surface area contributed by atoms with E-state index in [-0.39, 0.29) is 11.7 Å². The van der Waals surface area contributed by atoms with Crippen LogP contribution < -0.4 is 5.43 Å². The molecule has 1 N–H and O–H groups in total. The number of aromatic nitrogens is 1. The predicted octanol–water partition coefficient (Wildman–Crippen LogP) is 3.77. The average Bonchev–Trinajstić information content (AvgIpc) is 2.51. The lowest BCUT2D eigenvalue weighted by atomic mass is 10.2. The standard InChI is InChI=1S/C15H13Cl2N3OS/c16-13-2-1-3-14(17)12(13)9-22-10-15(21)20-19-8-11-4-6-18-7-5-11/h1-8H,9-10H2,(H,20,21)/b19-8-. The first-order chi connectivity index (χ1) is 10.7. The average molecular weight is 354 g/mol. The van der Waals surface area contributed by atoms with Crippen molar-refractivity contribution in [2.24, 2.45) is 5.10 Å². The van der Waals surface area contributed by atoms with Crippen LogP contribution >= 0.6 is 35.0 Å². The predicted molar refractivity (Wildman–Crippen MR) is 92.6 cm³/mol. The van der Waals surface area contributed by atoms with Crippen molar-refractivity contribution >= 4 is 47.1 Å². The van der Waals surface area contributed by atoms with E-state index in [0.29, 0.717) is 15.8 Å². The first-order valence-corrected chi connectivity index (χ1v) is 8.30. The van der Waals surface area contributed by atoms with Gasteiger partial charge in [0.15, 0.2) is 0 Å². The second-order valence-electron chi connectivity index (χ2n) is 4.27. The molecule has 114 valence electrons. The lowest BCUT2D eigenvalue weighted by Crippen LogP contribution is -2.19. The summed E-state index contributed by atoms with van der Waals surface area (Å²) in [6.45, 7) is 0. The summed E-state index contributed by atoms with van der Waals surface area (Å²) in [5, 5.41) is 5.10. The third kappa shape index (κ3) is 5.33. The molecule has 0 unspecified atom stereocenters. The minimum atomic E-state index is -0.182. The maximum atomic E-state index is 11.7. The van der Waals surface area contributed by atoms with Crippen molar-refractivity contribution in [1.29, 1.82) is 0 Å². The fourth-order valence-electron chi connectivity index (χ4n) is 1.58. The molecule has 0 aliphatic rings. The fraction of sp³-hybridized carbons (Fsp3) is 0.133. The van der Waals surface area contributed by atoms with Gasteiger partial charge in [0.25, 0.3) is 0 Å². The smallest absolute Gasteiger partial charge is 0.250 e. The van der Waals surface area contributed by atoms with Gasteiger partial charge >= 0.3 is 0 Å². The highest BCUT2D eigenvalue weighted by atomic mass is 35.5. The van der Waals surface area contributed by atoms with Crippen molar-refractivity contribution in [3.05, 3.63) is 63.9 Å². The van der Waals surface area contributed by atoms with Gasteiger partial charge in [-0.2, -0.15) is 5.10 Å². The SMILES string of the molecule is O=C(CSCc1c(Cl)cccc1Cl)N/N=C\c1ccncc1. The minimum absolute atomic E-state index is 0.182. The van der Waals surface area contributed by atoms with Crippen LogP contribution in [0.3, 0.4) is 0 Å². The Morgan fingerprint density at radius 3 is 2.59 bits per heavy atom. The van der Waals surface area contributed by atoms with Gasteiger partial charge < -0.3 is 0 Å². The van der Waals surface area contributed by atoms with Crippen LogP contribution in [-0.4, -0.2) is 22.9 Å². The number of carbonyl (C=O) groups excluding carboxylic acids is 1. The highest BCUT2D eigenvalue weighted by Crippen LogP contribution is 2.27. The molecule has 0 atom stereocenters. The van der Waals surface area contributed by atoms with Gasteiger partial charge in [-0.1, -0.05) is 29.3 Å². The van der Waals surface area contributed by atoms with Gasteiger partial charge in [0.05, 0.1) is 12.0 Å². The lowest BCUT2D eigenvalue weighted by Gasteiger charge is -2.06. The molecule has 1 heterocycles. The summed E-state index contributed by atoms with van der Waals surface area (Å²) in [4.78, 5) is 15.6. The summed E-state index contributed by atoms with van der Waals surface area (Å²) in [7, 11) is 0. The molecule has 1 amide bonds. The normalized spacial score (nSPS) is 10.8. The van der Waals surface area contributed by atoms with E-state index in [1.165, 1.54) is 11.8 Å². The molecule has 0 aliphatic heterocycles. The number of benzene rings is 1. The molecule has 1 aromatic carbocycles. The molecular formula is C15H13Cl2N3OS. The third-order valence-electron chi connectivity index (χ3n) is 2.65. The number of nitrogens with one attached hydrogen (secondary N) is 1. The van der Waals surface area contributed by atoms with Crippen LogP contribution in [0.5, 0.6) is 0 Å². The number of rotatable bonds is 6. The Bertz CT molecular complexity index is 645. The maximum absolute atomic E-state index is 11.7. The van der Waals surface area contributed by atoms with Gasteiger partial charge in [0.1, 0.15) is 0 Å². The topological polar surface area (TPSA) is 54.4 Å². The number of hydrazone groups is 1. The van der Waals surface area contributed by atoms with E-state index >= 15 is 0 Å². The van der Waals surface area contributed by atoms with Gasteiger partial charge in [0.2, 0.25) is 5.91 Å². The fourth-order valence-corrected chi connectivity index (χ4v) is 3.13. The minimum Gasteiger partial charge on any atom is -0.272 e. The molecule has 0 bridgehead atoms. The van der Waals surface area contributed by atoms with Crippen LogP contribution in [0.15, 0.2) is 47.8 Å². The number of carbonyl (C=O) groups is 1. The number of thioether (sulfide) groups is 1. The van der Waals surface area contributed by atoms with E-state index in [1.54, 1.807) is 48.9 Å². The Hall–Kier alpha value is -1.56. The lowest BCUT2D eigenvalue weighted by molar-refractivity contribution is -0.118. The highest BCUT2D eigenvalue weighted by Gasteiger charge is 2.07. The van der Waals surface area contributed by atoms with Crippen LogP contribution in [0.1, 0.15) is 11.1 Å². The van der Waals surface area contributed by atoms with Crippen molar-refractivity contribution < 1.29 is 4.79 Å². The first-order valence-electron chi connectivity index (χ1n) is 6.39. The summed E-state index contributed by atoms with van der Waals surface area (Å²) >= 11 is 13.6. The van der Waals surface area contributed by atoms with Gasteiger partial charge in [0, 0.05) is 28.2 Å². The van der Waals surface area contributed by atoms with Crippen LogP contribution in [-0.2, 0) is 10.5 Å². The van der Waals surface area contributed by atoms with E-state index in [0.717, 1.165) is 11.1 Å². The van der Waals surface area contributed by atoms with E-state index in [9.17, 15) is 4.79 Å². The second-order valence-corrected chi connectivity index (χ2v) is 6.07. The molecule has 0 fully saturated rings. The summed E-state index contributed by atoms with van der Waals surface area (Å²) in [6, 6.07) is 8.94. The van der Waals surface area contributed by atoms with E-state index in [2.05, 4.69) is 15.5 Å². The van der Waals surface area contributed by atoms with E-state index in [1.807, 2.05) is 0 Å². The third-order valence-corrected chi connectivity index (χ3v) is 4.32. The molecule has 1 aromatic heterocycles. The van der Waals surface area contributed by atoms with Gasteiger partial charge in [-0.3, -0.25) is 9.78 Å². The molecule has 2 aromatic rings. The van der Waals surface area contributed by atoms with Crippen molar-refractivity contribution in [3.63, 3.8) is 0 Å². The molecular weight excluding hydrogens is 341 g/mol. The number of hydrogen-bond donors (Lipinski definition) is 1. The molecule has 0 saturated carbocycles. The highest BCUT2D eigenvalue weighted by molar-refractivity contribution is 7.99. The van der Waals surface area contributed by atoms with Crippen molar-refractivity contribution in [2.45, 2.75) is 5.75 Å². The van der Waals surface area contributed by atoms with Crippen molar-refractivity contribution in [3.8, 4) is 0 Å². The van der Waals surface area contributed by atoms with E-state index in [4.69, 9.17) is 23.2 Å². The molecule has 2 rings (SSSR count). The number of halogens is 2. The first kappa shape index (κ1) is 16.8. The monoisotopic (exact) mass is 353 g/mol. The molecule has 0 spiro atoms. The zero-order chi connectivity index (χ0) is 15.8. The Morgan fingerprint density at radius 2 is 1.91 bits per heavy atom. The number of hydrogen-bond acceptors (Lipinski definition) is 4. The second kappa shape index (κ2) is 8.78. The number of nitrogens with zero attached hydrogens (tertiary/aromatic N) is 2. The van der Waals surface area contributed by atoms with Crippen molar-refractivity contribution in [1.82, 2.24) is 10.4 Å². The van der Waals surface area contributed by atoms with Gasteiger partial charge in [-0.25, -0.2) is 5.43 Å². The Kier molecular flexibility index (Phi) is 6.71. The van der Waals surface area contributed by atoms with Gasteiger partial charge in [-0.05, 0) is 35.4 Å². The largest absolute Gasteiger partial charge is 0.272 e. The Morgan fingerprint density at radius 1 is 1.23 bits per heavy atom. The van der Waals surface area contributed by atoms with Crippen LogP contribution in [0, 0.1) is 0 Å². The number of pyridine rings is 1. The summed E-state index contributed by atoms with van der Waals surface area (Å²) < 4.78 is 0. The molecule has 0 aliphatic carbocycles. The number of amides is 1. The molecule has 0 saturated heterocycles. The van der Waals surface area contributed by atoms with Crippen LogP contribution in [0.25, 0.3) is 0 Å². The molecule has 7 heteroatoms. The van der Waals surface area contributed by atoms with Crippen LogP contribution in [0.4, 0.5) is 0 Å². The summed E-state index contributed by atoms with van der Waals surface area (Å²) in [5.41, 5.74) is 4.17. The summed E-state index contributed by atoms with van der Waals surface area (Å²) in [5.74, 6) is 0.661. The van der Waals surface area contributed by atoms with E-state index < -0.39 is 0 Å².